The molecule has 1 saturated heterocycles. The maximum atomic E-state index is 11.6. The van der Waals surface area contributed by atoms with E-state index in [1.54, 1.807) is 0 Å². The van der Waals surface area contributed by atoms with Gasteiger partial charge < -0.3 is 10.6 Å². The normalized spacial score (nSPS) is 19.6. The summed E-state index contributed by atoms with van der Waals surface area (Å²) in [6.45, 7) is 1.85. The number of rotatable bonds is 2. The van der Waals surface area contributed by atoms with Crippen molar-refractivity contribution < 1.29 is 8.42 Å². The van der Waals surface area contributed by atoms with Crippen molar-refractivity contribution in [1.82, 2.24) is 0 Å². The summed E-state index contributed by atoms with van der Waals surface area (Å²) in [6.07, 6.45) is 0.693. The van der Waals surface area contributed by atoms with Gasteiger partial charge in [0.15, 0.2) is 9.84 Å². The Hall–Kier alpha value is -0.590. The van der Waals surface area contributed by atoms with E-state index in [2.05, 4.69) is 20.8 Å². The van der Waals surface area contributed by atoms with E-state index in [1.807, 2.05) is 18.2 Å². The van der Waals surface area contributed by atoms with Crippen molar-refractivity contribution >= 4 is 31.5 Å². The molecule has 0 radical (unpaired) electrons. The molecule has 100 valence electrons. The van der Waals surface area contributed by atoms with Crippen LogP contribution in [0.4, 0.5) is 5.69 Å². The largest absolute Gasteiger partial charge is 0.370 e. The molecule has 0 aliphatic carbocycles. The van der Waals surface area contributed by atoms with Gasteiger partial charge in [0.2, 0.25) is 0 Å². The van der Waals surface area contributed by atoms with Gasteiger partial charge in [-0.3, -0.25) is 0 Å². The summed E-state index contributed by atoms with van der Waals surface area (Å²) < 4.78 is 24.1. The van der Waals surface area contributed by atoms with Crippen LogP contribution in [0.3, 0.4) is 0 Å². The number of sulfone groups is 1. The van der Waals surface area contributed by atoms with Gasteiger partial charge in [-0.2, -0.15) is 0 Å². The first-order valence-corrected chi connectivity index (χ1v) is 8.57. The number of nitrogens with two attached hydrogens (primary N) is 1. The summed E-state index contributed by atoms with van der Waals surface area (Å²) >= 11 is 3.49. The molecule has 1 heterocycles. The second-order valence-corrected chi connectivity index (χ2v) is 7.63. The van der Waals surface area contributed by atoms with Gasteiger partial charge in [0, 0.05) is 29.8 Å². The zero-order valence-corrected chi connectivity index (χ0v) is 12.5. The Morgan fingerprint density at radius 3 is 2.72 bits per heavy atom. The molecular formula is C12H17BrN2O2S. The van der Waals surface area contributed by atoms with E-state index in [9.17, 15) is 8.42 Å². The molecule has 0 saturated carbocycles. The maximum Gasteiger partial charge on any atom is 0.152 e. The molecule has 0 aromatic heterocycles. The van der Waals surface area contributed by atoms with Crippen molar-refractivity contribution in [1.29, 1.82) is 0 Å². The highest BCUT2D eigenvalue weighted by Gasteiger charge is 2.19. The monoisotopic (exact) mass is 332 g/mol. The Morgan fingerprint density at radius 2 is 2.06 bits per heavy atom. The Labute approximate surface area is 116 Å². The Bertz CT molecular complexity index is 531. The lowest BCUT2D eigenvalue weighted by atomic mass is 10.2. The minimum Gasteiger partial charge on any atom is -0.370 e. The first kappa shape index (κ1) is 13.8. The van der Waals surface area contributed by atoms with Crippen LogP contribution in [0.1, 0.15) is 12.0 Å². The van der Waals surface area contributed by atoms with Crippen molar-refractivity contribution in [2.45, 2.75) is 13.0 Å². The topological polar surface area (TPSA) is 63.4 Å². The van der Waals surface area contributed by atoms with Crippen LogP contribution in [-0.2, 0) is 16.4 Å². The molecule has 1 fully saturated rings. The number of hydrogen-bond acceptors (Lipinski definition) is 4. The summed E-state index contributed by atoms with van der Waals surface area (Å²) in [7, 11) is -2.86. The van der Waals surface area contributed by atoms with E-state index >= 15 is 0 Å². The van der Waals surface area contributed by atoms with E-state index in [0.717, 1.165) is 22.3 Å². The number of nitrogens with zero attached hydrogens (tertiary/aromatic N) is 1. The lowest BCUT2D eigenvalue weighted by Gasteiger charge is -2.22. The average Bonchev–Trinajstić information content (AvgIpc) is 2.50. The molecule has 0 atom stereocenters. The lowest BCUT2D eigenvalue weighted by molar-refractivity contribution is 0.597. The standard InChI is InChI=1S/C12H17BrN2O2S/c13-12-8-11(3-2-10(12)9-14)15-4-1-6-18(16,17)7-5-15/h2-3,8H,1,4-7,9,14H2. The number of hydrogen-bond donors (Lipinski definition) is 1. The van der Waals surface area contributed by atoms with Crippen LogP contribution >= 0.6 is 15.9 Å². The molecule has 1 aliphatic rings. The van der Waals surface area contributed by atoms with Crippen LogP contribution < -0.4 is 10.6 Å². The van der Waals surface area contributed by atoms with Gasteiger partial charge in [0.1, 0.15) is 0 Å². The average molecular weight is 333 g/mol. The predicted molar refractivity (Wildman–Crippen MR) is 77.5 cm³/mol. The fourth-order valence-electron chi connectivity index (χ4n) is 2.10. The molecule has 0 amide bonds. The smallest absolute Gasteiger partial charge is 0.152 e. The van der Waals surface area contributed by atoms with Crippen LogP contribution in [0.15, 0.2) is 22.7 Å². The molecule has 4 nitrogen and oxygen atoms in total. The summed E-state index contributed by atoms with van der Waals surface area (Å²) in [5.41, 5.74) is 7.73. The van der Waals surface area contributed by atoms with E-state index in [4.69, 9.17) is 5.73 Å². The molecule has 2 N–H and O–H groups in total. The first-order chi connectivity index (χ1) is 8.52. The highest BCUT2D eigenvalue weighted by Crippen LogP contribution is 2.25. The zero-order valence-electron chi connectivity index (χ0n) is 10.1. The third-order valence-corrected chi connectivity index (χ3v) is 5.63. The van der Waals surface area contributed by atoms with Crippen molar-refractivity contribution in [3.05, 3.63) is 28.2 Å². The van der Waals surface area contributed by atoms with E-state index in [0.29, 0.717) is 25.3 Å². The SMILES string of the molecule is NCc1ccc(N2CCCS(=O)(=O)CC2)cc1Br. The van der Waals surface area contributed by atoms with Gasteiger partial charge in [-0.25, -0.2) is 8.42 Å². The quantitative estimate of drug-likeness (QED) is 0.892. The molecule has 18 heavy (non-hydrogen) atoms. The molecule has 1 aromatic rings. The Kier molecular flexibility index (Phi) is 4.29. The van der Waals surface area contributed by atoms with Crippen LogP contribution in [0.5, 0.6) is 0 Å². The number of benzene rings is 1. The van der Waals surface area contributed by atoms with Crippen molar-refractivity contribution in [2.75, 3.05) is 29.5 Å². The fraction of sp³-hybridized carbons (Fsp3) is 0.500. The zero-order chi connectivity index (χ0) is 13.2. The predicted octanol–water partition coefficient (Wildman–Crippen LogP) is 1.53. The summed E-state index contributed by atoms with van der Waals surface area (Å²) in [5, 5.41) is 0. The molecule has 0 spiro atoms. The van der Waals surface area contributed by atoms with Crippen molar-refractivity contribution in [3.8, 4) is 0 Å². The van der Waals surface area contributed by atoms with E-state index in [-0.39, 0.29) is 5.75 Å². The van der Waals surface area contributed by atoms with E-state index in [1.165, 1.54) is 0 Å². The van der Waals surface area contributed by atoms with Gasteiger partial charge in [0.25, 0.3) is 0 Å². The third kappa shape index (κ3) is 3.24. The molecule has 6 heteroatoms. The number of anilines is 1. The minimum atomic E-state index is -2.86. The minimum absolute atomic E-state index is 0.239. The molecular weight excluding hydrogens is 316 g/mol. The molecule has 1 aliphatic heterocycles. The summed E-state index contributed by atoms with van der Waals surface area (Å²) in [4.78, 5) is 2.12. The summed E-state index contributed by atoms with van der Waals surface area (Å²) in [6, 6.07) is 6.00. The van der Waals surface area contributed by atoms with Crippen molar-refractivity contribution in [3.63, 3.8) is 0 Å². The van der Waals surface area contributed by atoms with Gasteiger partial charge in [-0.1, -0.05) is 22.0 Å². The second-order valence-electron chi connectivity index (χ2n) is 4.47. The molecule has 1 aromatic carbocycles. The molecule has 2 rings (SSSR count). The lowest BCUT2D eigenvalue weighted by Crippen LogP contribution is -2.26. The fourth-order valence-corrected chi connectivity index (χ4v) is 3.90. The third-order valence-electron chi connectivity index (χ3n) is 3.18. The van der Waals surface area contributed by atoms with Gasteiger partial charge in [-0.15, -0.1) is 0 Å². The number of halogens is 1. The van der Waals surface area contributed by atoms with Crippen LogP contribution in [0, 0.1) is 0 Å². The highest BCUT2D eigenvalue weighted by molar-refractivity contribution is 9.10. The first-order valence-electron chi connectivity index (χ1n) is 5.96. The summed E-state index contributed by atoms with van der Waals surface area (Å²) in [5.74, 6) is 0.537. The highest BCUT2D eigenvalue weighted by atomic mass is 79.9. The van der Waals surface area contributed by atoms with Gasteiger partial charge in [-0.05, 0) is 24.1 Å². The van der Waals surface area contributed by atoms with Gasteiger partial charge in [0.05, 0.1) is 11.5 Å². The van der Waals surface area contributed by atoms with Crippen LogP contribution in [0.25, 0.3) is 0 Å². The van der Waals surface area contributed by atoms with E-state index < -0.39 is 9.84 Å². The second kappa shape index (κ2) is 5.59. The molecule has 0 bridgehead atoms. The molecule has 0 unspecified atom stereocenters. The van der Waals surface area contributed by atoms with Crippen LogP contribution in [0.2, 0.25) is 0 Å². The Balaban J connectivity index is 2.19. The van der Waals surface area contributed by atoms with Crippen molar-refractivity contribution in [2.24, 2.45) is 5.73 Å². The van der Waals surface area contributed by atoms with Gasteiger partial charge >= 0.3 is 0 Å². The Morgan fingerprint density at radius 1 is 1.28 bits per heavy atom. The maximum absolute atomic E-state index is 11.6. The van der Waals surface area contributed by atoms with Crippen LogP contribution in [-0.4, -0.2) is 33.0 Å².